The van der Waals surface area contributed by atoms with E-state index in [1.165, 1.54) is 12.8 Å². The van der Waals surface area contributed by atoms with Crippen molar-refractivity contribution in [1.29, 1.82) is 0 Å². The fraction of sp³-hybridized carbons (Fsp3) is 0.875. The van der Waals surface area contributed by atoms with E-state index in [4.69, 9.17) is 0 Å². The van der Waals surface area contributed by atoms with Crippen molar-refractivity contribution < 1.29 is 9.59 Å². The molecule has 0 bridgehead atoms. The molecule has 1 N–H and O–H groups in total. The second-order valence-electron chi connectivity index (χ2n) is 6.28. The Morgan fingerprint density at radius 3 is 2.45 bits per heavy atom. The predicted octanol–water partition coefficient (Wildman–Crippen LogP) is 1.98. The molecule has 1 saturated heterocycles. The highest BCUT2D eigenvalue weighted by molar-refractivity contribution is 5.87. The first kappa shape index (κ1) is 15.5. The maximum Gasteiger partial charge on any atom is 0.223 e. The van der Waals surface area contributed by atoms with Crippen LogP contribution in [0.3, 0.4) is 0 Å². The van der Waals surface area contributed by atoms with Crippen molar-refractivity contribution in [2.45, 2.75) is 58.4 Å². The van der Waals surface area contributed by atoms with E-state index in [0.29, 0.717) is 6.04 Å². The van der Waals surface area contributed by atoms with Crippen LogP contribution in [0.25, 0.3) is 0 Å². The van der Waals surface area contributed by atoms with Crippen LogP contribution in [-0.2, 0) is 9.59 Å². The third-order valence-electron chi connectivity index (χ3n) is 5.04. The second-order valence-corrected chi connectivity index (χ2v) is 6.28. The molecule has 0 aromatic heterocycles. The van der Waals surface area contributed by atoms with Crippen molar-refractivity contribution in [3.8, 4) is 0 Å². The van der Waals surface area contributed by atoms with E-state index in [1.54, 1.807) is 6.92 Å². The summed E-state index contributed by atoms with van der Waals surface area (Å²) >= 11 is 0. The summed E-state index contributed by atoms with van der Waals surface area (Å²) < 4.78 is 0. The predicted molar refractivity (Wildman–Crippen MR) is 79.4 cm³/mol. The molecule has 1 heterocycles. The summed E-state index contributed by atoms with van der Waals surface area (Å²) in [5, 5.41) is 3.11. The molecule has 4 heteroatoms. The smallest absolute Gasteiger partial charge is 0.223 e. The number of hydrogen-bond acceptors (Lipinski definition) is 3. The van der Waals surface area contributed by atoms with E-state index in [0.717, 1.165) is 45.3 Å². The lowest BCUT2D eigenvalue weighted by Gasteiger charge is -2.30. The number of Topliss-reactive ketones (excluding diaryl/α,β-unsaturated/α-hetero) is 1. The Balaban J connectivity index is 1.85. The van der Waals surface area contributed by atoms with E-state index in [-0.39, 0.29) is 23.5 Å². The molecular formula is C16H28N2O2. The Bertz CT molecular complexity index is 356. The number of hydrogen-bond donors (Lipinski definition) is 1. The quantitative estimate of drug-likeness (QED) is 0.838. The van der Waals surface area contributed by atoms with Gasteiger partial charge in [-0.3, -0.25) is 14.5 Å². The van der Waals surface area contributed by atoms with Gasteiger partial charge in [0.1, 0.15) is 5.78 Å². The second kappa shape index (κ2) is 7.21. The molecule has 1 aliphatic carbocycles. The van der Waals surface area contributed by atoms with E-state index >= 15 is 0 Å². The maximum absolute atomic E-state index is 12.4. The van der Waals surface area contributed by atoms with E-state index in [9.17, 15) is 9.59 Å². The SMILES string of the molecule is CCN1CCC[C@@H]1CNC(=O)[C@@H]1CCCCC1C(C)=O. The molecule has 1 amide bonds. The van der Waals surface area contributed by atoms with Gasteiger partial charge in [0.15, 0.2) is 0 Å². The molecule has 4 nitrogen and oxygen atoms in total. The number of ketones is 1. The molecule has 1 aliphatic heterocycles. The third kappa shape index (κ3) is 3.60. The summed E-state index contributed by atoms with van der Waals surface area (Å²) in [6.07, 6.45) is 6.33. The molecule has 2 rings (SSSR count). The molecule has 20 heavy (non-hydrogen) atoms. The van der Waals surface area contributed by atoms with Crippen molar-refractivity contribution in [3.05, 3.63) is 0 Å². The van der Waals surface area contributed by atoms with Gasteiger partial charge in [0.25, 0.3) is 0 Å². The lowest BCUT2D eigenvalue weighted by molar-refractivity contribution is -0.134. The number of amides is 1. The average molecular weight is 280 g/mol. The van der Waals surface area contributed by atoms with Crippen molar-refractivity contribution in [2.24, 2.45) is 11.8 Å². The number of rotatable bonds is 5. The molecular weight excluding hydrogens is 252 g/mol. The molecule has 2 fully saturated rings. The van der Waals surface area contributed by atoms with Gasteiger partial charge in [-0.1, -0.05) is 19.8 Å². The largest absolute Gasteiger partial charge is 0.354 e. The minimum Gasteiger partial charge on any atom is -0.354 e. The molecule has 114 valence electrons. The summed E-state index contributed by atoms with van der Waals surface area (Å²) in [5.41, 5.74) is 0. The van der Waals surface area contributed by atoms with E-state index in [1.807, 2.05) is 0 Å². The van der Waals surface area contributed by atoms with Gasteiger partial charge < -0.3 is 5.32 Å². The summed E-state index contributed by atoms with van der Waals surface area (Å²) in [6, 6.07) is 0.489. The molecule has 2 aliphatic rings. The number of carbonyl (C=O) groups is 2. The van der Waals surface area contributed by atoms with Gasteiger partial charge in [0.2, 0.25) is 5.91 Å². The molecule has 0 radical (unpaired) electrons. The van der Waals surface area contributed by atoms with Gasteiger partial charge in [-0.2, -0.15) is 0 Å². The first-order chi connectivity index (χ1) is 9.63. The Hall–Kier alpha value is -0.900. The summed E-state index contributed by atoms with van der Waals surface area (Å²) in [4.78, 5) is 26.5. The van der Waals surface area contributed by atoms with Crippen LogP contribution in [0.4, 0.5) is 0 Å². The molecule has 0 aromatic rings. The Kier molecular flexibility index (Phi) is 5.58. The van der Waals surface area contributed by atoms with Crippen molar-refractivity contribution in [1.82, 2.24) is 10.2 Å². The van der Waals surface area contributed by atoms with Crippen molar-refractivity contribution >= 4 is 11.7 Å². The summed E-state index contributed by atoms with van der Waals surface area (Å²) in [5.74, 6) is 0.154. The average Bonchev–Trinajstić information content (AvgIpc) is 2.92. The first-order valence-electron chi connectivity index (χ1n) is 8.15. The Labute approximate surface area is 122 Å². The Morgan fingerprint density at radius 1 is 1.10 bits per heavy atom. The lowest BCUT2D eigenvalue weighted by Crippen LogP contribution is -2.44. The summed E-state index contributed by atoms with van der Waals surface area (Å²) in [6.45, 7) is 6.75. The molecule has 1 unspecified atom stereocenters. The fourth-order valence-corrected chi connectivity index (χ4v) is 3.82. The fourth-order valence-electron chi connectivity index (χ4n) is 3.82. The van der Waals surface area contributed by atoms with Gasteiger partial charge in [-0.15, -0.1) is 0 Å². The number of nitrogens with zero attached hydrogens (tertiary/aromatic N) is 1. The van der Waals surface area contributed by atoms with E-state index < -0.39 is 0 Å². The number of likely N-dealkylation sites (N-methyl/N-ethyl adjacent to an activating group) is 1. The highest BCUT2D eigenvalue weighted by Crippen LogP contribution is 2.31. The number of carbonyl (C=O) groups excluding carboxylic acids is 2. The topological polar surface area (TPSA) is 49.4 Å². The van der Waals surface area contributed by atoms with Crippen LogP contribution >= 0.6 is 0 Å². The standard InChI is InChI=1S/C16H28N2O2/c1-3-18-10-6-7-13(18)11-17-16(20)15-9-5-4-8-14(15)12(2)19/h13-15H,3-11H2,1-2H3,(H,17,20)/t13-,14?,15-/m1/s1. The van der Waals surface area contributed by atoms with Gasteiger partial charge >= 0.3 is 0 Å². The Morgan fingerprint density at radius 2 is 1.80 bits per heavy atom. The minimum atomic E-state index is -0.0854. The lowest BCUT2D eigenvalue weighted by atomic mass is 9.77. The van der Waals surface area contributed by atoms with Crippen molar-refractivity contribution in [2.75, 3.05) is 19.6 Å². The molecule has 0 aromatic carbocycles. The highest BCUT2D eigenvalue weighted by Gasteiger charge is 2.34. The number of nitrogens with one attached hydrogen (secondary N) is 1. The van der Waals surface area contributed by atoms with Crippen LogP contribution in [0, 0.1) is 11.8 Å². The number of likely N-dealkylation sites (tertiary alicyclic amines) is 1. The van der Waals surface area contributed by atoms with Gasteiger partial charge in [-0.25, -0.2) is 0 Å². The van der Waals surface area contributed by atoms with Crippen LogP contribution in [0.15, 0.2) is 0 Å². The van der Waals surface area contributed by atoms with E-state index in [2.05, 4.69) is 17.1 Å². The van der Waals surface area contributed by atoms with Gasteiger partial charge in [0.05, 0.1) is 0 Å². The van der Waals surface area contributed by atoms with Crippen LogP contribution in [0.2, 0.25) is 0 Å². The monoisotopic (exact) mass is 280 g/mol. The zero-order valence-electron chi connectivity index (χ0n) is 12.9. The van der Waals surface area contributed by atoms with Crippen LogP contribution in [-0.4, -0.2) is 42.3 Å². The zero-order valence-corrected chi connectivity index (χ0v) is 12.9. The van der Waals surface area contributed by atoms with Gasteiger partial charge in [0, 0.05) is 24.4 Å². The molecule has 1 saturated carbocycles. The normalized spacial score (nSPS) is 31.2. The zero-order chi connectivity index (χ0) is 14.5. The minimum absolute atomic E-state index is 0.0467. The maximum atomic E-state index is 12.4. The molecule has 3 atom stereocenters. The van der Waals surface area contributed by atoms with Gasteiger partial charge in [-0.05, 0) is 45.7 Å². The molecule has 0 spiro atoms. The third-order valence-corrected chi connectivity index (χ3v) is 5.04. The highest BCUT2D eigenvalue weighted by atomic mass is 16.2. The summed E-state index contributed by atoms with van der Waals surface area (Å²) in [7, 11) is 0. The van der Waals surface area contributed by atoms with Crippen molar-refractivity contribution in [3.63, 3.8) is 0 Å². The van der Waals surface area contributed by atoms with Crippen LogP contribution < -0.4 is 5.32 Å². The van der Waals surface area contributed by atoms with Crippen LogP contribution in [0.1, 0.15) is 52.4 Å². The first-order valence-corrected chi connectivity index (χ1v) is 8.15. The van der Waals surface area contributed by atoms with Crippen LogP contribution in [0.5, 0.6) is 0 Å².